The highest BCUT2D eigenvalue weighted by molar-refractivity contribution is 7.11. The molecule has 0 aliphatic heterocycles. The number of nitrogens with zero attached hydrogens (tertiary/aromatic N) is 1. The molecule has 0 saturated carbocycles. The summed E-state index contributed by atoms with van der Waals surface area (Å²) in [5.41, 5.74) is 6.94. The monoisotopic (exact) mass is 164 g/mol. The van der Waals surface area contributed by atoms with Gasteiger partial charge in [-0.15, -0.1) is 11.3 Å². The molecule has 56 valence electrons. The highest BCUT2D eigenvalue weighted by Gasteiger charge is 2.00. The third kappa shape index (κ3) is 1.67. The Kier molecular flexibility index (Phi) is 2.42. The lowest BCUT2D eigenvalue weighted by Gasteiger charge is -1.93. The molecule has 1 aromatic rings. The quantitative estimate of drug-likeness (QED) is 0.721. The Bertz CT molecular complexity index is 306. The zero-order chi connectivity index (χ0) is 8.27. The highest BCUT2D eigenvalue weighted by Crippen LogP contribution is 2.20. The van der Waals surface area contributed by atoms with E-state index >= 15 is 0 Å². The second-order valence-corrected chi connectivity index (χ2v) is 3.03. The van der Waals surface area contributed by atoms with Crippen LogP contribution in [0.5, 0.6) is 0 Å². The number of hydrogen-bond donors (Lipinski definition) is 1. The molecule has 0 spiro atoms. The average Bonchev–Trinajstić information content (AvgIpc) is 2.50. The Morgan fingerprint density at radius 1 is 1.82 bits per heavy atom. The van der Waals surface area contributed by atoms with Gasteiger partial charge in [0.25, 0.3) is 0 Å². The number of hydrogen-bond acceptors (Lipinski definition) is 3. The van der Waals surface area contributed by atoms with Crippen molar-refractivity contribution in [2.45, 2.75) is 0 Å². The number of nitrogens with two attached hydrogens (primary N) is 1. The van der Waals surface area contributed by atoms with Gasteiger partial charge >= 0.3 is 0 Å². The van der Waals surface area contributed by atoms with Crippen LogP contribution < -0.4 is 5.73 Å². The van der Waals surface area contributed by atoms with Gasteiger partial charge in [-0.3, -0.25) is 0 Å². The van der Waals surface area contributed by atoms with Crippen LogP contribution in [-0.4, -0.2) is 6.54 Å². The summed E-state index contributed by atoms with van der Waals surface area (Å²) in [5, 5.41) is 10.3. The predicted octanol–water partition coefficient (Wildman–Crippen LogP) is 1.59. The first-order valence-corrected chi connectivity index (χ1v) is 4.02. The SMILES string of the molecule is C=C(CN)c1cc(C#N)cs1. The molecule has 1 rings (SSSR count). The Hall–Kier alpha value is -1.11. The van der Waals surface area contributed by atoms with Crippen molar-refractivity contribution in [3.05, 3.63) is 28.5 Å². The van der Waals surface area contributed by atoms with Gasteiger partial charge in [0.05, 0.1) is 5.56 Å². The maximum atomic E-state index is 8.50. The van der Waals surface area contributed by atoms with E-state index in [1.54, 1.807) is 11.4 Å². The molecule has 2 nitrogen and oxygen atoms in total. The molecule has 0 amide bonds. The first kappa shape index (κ1) is 7.99. The van der Waals surface area contributed by atoms with Crippen LogP contribution in [0.2, 0.25) is 0 Å². The normalized spacial score (nSPS) is 9.09. The molecule has 0 unspecified atom stereocenters. The molecule has 1 aromatic heterocycles. The maximum absolute atomic E-state index is 8.50. The number of rotatable bonds is 2. The molecule has 3 heteroatoms. The van der Waals surface area contributed by atoms with Crippen molar-refractivity contribution in [1.82, 2.24) is 0 Å². The van der Waals surface area contributed by atoms with Gasteiger partial charge in [-0.05, 0) is 11.6 Å². The summed E-state index contributed by atoms with van der Waals surface area (Å²) in [6, 6.07) is 3.86. The summed E-state index contributed by atoms with van der Waals surface area (Å²) in [7, 11) is 0. The van der Waals surface area contributed by atoms with E-state index < -0.39 is 0 Å². The first-order valence-electron chi connectivity index (χ1n) is 3.14. The third-order valence-electron chi connectivity index (χ3n) is 1.32. The second-order valence-electron chi connectivity index (χ2n) is 2.12. The van der Waals surface area contributed by atoms with Crippen LogP contribution in [0.1, 0.15) is 10.4 Å². The van der Waals surface area contributed by atoms with Crippen molar-refractivity contribution in [3.63, 3.8) is 0 Å². The van der Waals surface area contributed by atoms with Gasteiger partial charge in [-0.2, -0.15) is 5.26 Å². The average molecular weight is 164 g/mol. The summed E-state index contributed by atoms with van der Waals surface area (Å²) in [4.78, 5) is 1.00. The smallest absolute Gasteiger partial charge is 0.100 e. The van der Waals surface area contributed by atoms with E-state index in [1.807, 2.05) is 0 Å². The van der Waals surface area contributed by atoms with Crippen molar-refractivity contribution in [2.24, 2.45) is 5.73 Å². The van der Waals surface area contributed by atoms with Crippen LogP contribution in [-0.2, 0) is 0 Å². The summed E-state index contributed by atoms with van der Waals surface area (Å²) in [5.74, 6) is 0. The van der Waals surface area contributed by atoms with Crippen LogP contribution in [0.4, 0.5) is 0 Å². The van der Waals surface area contributed by atoms with E-state index in [-0.39, 0.29) is 0 Å². The minimum atomic E-state index is 0.450. The summed E-state index contributed by atoms with van der Waals surface area (Å²) < 4.78 is 0. The van der Waals surface area contributed by atoms with E-state index in [1.165, 1.54) is 11.3 Å². The van der Waals surface area contributed by atoms with Crippen molar-refractivity contribution >= 4 is 16.9 Å². The Morgan fingerprint density at radius 3 is 3.00 bits per heavy atom. The van der Waals surface area contributed by atoms with Crippen molar-refractivity contribution in [3.8, 4) is 6.07 Å². The van der Waals surface area contributed by atoms with Crippen LogP contribution in [0.3, 0.4) is 0 Å². The highest BCUT2D eigenvalue weighted by atomic mass is 32.1. The number of nitriles is 1. The predicted molar refractivity (Wildman–Crippen MR) is 47.1 cm³/mol. The molecule has 0 fully saturated rings. The van der Waals surface area contributed by atoms with Crippen LogP contribution in [0.15, 0.2) is 18.0 Å². The topological polar surface area (TPSA) is 49.8 Å². The fourth-order valence-electron chi connectivity index (χ4n) is 0.681. The Balaban J connectivity index is 2.91. The second kappa shape index (κ2) is 3.33. The van der Waals surface area contributed by atoms with Gasteiger partial charge < -0.3 is 5.73 Å². The van der Waals surface area contributed by atoms with Gasteiger partial charge in [0.1, 0.15) is 6.07 Å². The van der Waals surface area contributed by atoms with Crippen LogP contribution >= 0.6 is 11.3 Å². The standard InChI is InChI=1S/C8H8N2S/c1-6(3-9)8-2-7(4-10)5-11-8/h2,5H,1,3,9H2. The maximum Gasteiger partial charge on any atom is 0.100 e. The molecule has 1 heterocycles. The molecule has 0 radical (unpaired) electrons. The fraction of sp³-hybridized carbons (Fsp3) is 0.125. The number of thiophene rings is 1. The lowest BCUT2D eigenvalue weighted by atomic mass is 10.2. The lowest BCUT2D eigenvalue weighted by molar-refractivity contribution is 1.28. The first-order chi connectivity index (χ1) is 5.27. The van der Waals surface area contributed by atoms with E-state index in [0.29, 0.717) is 12.1 Å². The summed E-state index contributed by atoms with van der Waals surface area (Å²) in [6.45, 7) is 4.22. The van der Waals surface area contributed by atoms with E-state index in [0.717, 1.165) is 10.5 Å². The largest absolute Gasteiger partial charge is 0.326 e. The molecule has 0 bridgehead atoms. The van der Waals surface area contributed by atoms with Crippen molar-refractivity contribution < 1.29 is 0 Å². The van der Waals surface area contributed by atoms with Gasteiger partial charge in [0, 0.05) is 16.8 Å². The van der Waals surface area contributed by atoms with E-state index in [2.05, 4.69) is 12.6 Å². The van der Waals surface area contributed by atoms with E-state index in [4.69, 9.17) is 11.0 Å². The minimum Gasteiger partial charge on any atom is -0.326 e. The molecule has 0 aromatic carbocycles. The molecule has 0 aliphatic carbocycles. The third-order valence-corrected chi connectivity index (χ3v) is 2.36. The molecule has 11 heavy (non-hydrogen) atoms. The van der Waals surface area contributed by atoms with Gasteiger partial charge in [-0.1, -0.05) is 6.58 Å². The molecule has 0 atom stereocenters. The molecular formula is C8H8N2S. The van der Waals surface area contributed by atoms with E-state index in [9.17, 15) is 0 Å². The van der Waals surface area contributed by atoms with Gasteiger partial charge in [-0.25, -0.2) is 0 Å². The van der Waals surface area contributed by atoms with Crippen LogP contribution in [0, 0.1) is 11.3 Å². The Morgan fingerprint density at radius 2 is 2.55 bits per heavy atom. The van der Waals surface area contributed by atoms with Gasteiger partial charge in [0.2, 0.25) is 0 Å². The molecule has 2 N–H and O–H groups in total. The van der Waals surface area contributed by atoms with Crippen LogP contribution in [0.25, 0.3) is 5.57 Å². The minimum absolute atomic E-state index is 0.450. The summed E-state index contributed by atoms with van der Waals surface area (Å²) >= 11 is 1.50. The zero-order valence-electron chi connectivity index (χ0n) is 6.00. The van der Waals surface area contributed by atoms with Crippen molar-refractivity contribution in [2.75, 3.05) is 6.54 Å². The van der Waals surface area contributed by atoms with Gasteiger partial charge in [0.15, 0.2) is 0 Å². The molecular weight excluding hydrogens is 156 g/mol. The Labute approximate surface area is 69.6 Å². The molecule has 0 saturated heterocycles. The molecule has 0 aliphatic rings. The van der Waals surface area contributed by atoms with Crippen molar-refractivity contribution in [1.29, 1.82) is 5.26 Å². The lowest BCUT2D eigenvalue weighted by Crippen LogP contribution is -1.98. The zero-order valence-corrected chi connectivity index (χ0v) is 6.82. The summed E-state index contributed by atoms with van der Waals surface area (Å²) in [6.07, 6.45) is 0. The fourth-order valence-corrected chi connectivity index (χ4v) is 1.50.